The molecule has 0 aliphatic carbocycles. The molecular formula is C19H15NO4. The molecule has 0 spiro atoms. The molecule has 0 aromatic heterocycles. The van der Waals surface area contributed by atoms with Crippen LogP contribution >= 0.6 is 0 Å². The predicted octanol–water partition coefficient (Wildman–Crippen LogP) is 3.95. The number of aromatic hydroxyl groups is 3. The van der Waals surface area contributed by atoms with Crippen LogP contribution in [-0.2, 0) is 0 Å². The van der Waals surface area contributed by atoms with Crippen molar-refractivity contribution in [2.24, 2.45) is 5.16 Å². The first kappa shape index (κ1) is 15.4. The van der Waals surface area contributed by atoms with Crippen molar-refractivity contribution in [3.8, 4) is 39.5 Å². The average Bonchev–Trinajstić information content (AvgIpc) is 2.58. The van der Waals surface area contributed by atoms with Gasteiger partial charge in [-0.05, 0) is 47.0 Å². The van der Waals surface area contributed by atoms with Crippen LogP contribution in [0.15, 0.2) is 65.8 Å². The van der Waals surface area contributed by atoms with E-state index in [9.17, 15) is 15.3 Å². The molecule has 5 heteroatoms. The molecule has 0 atom stereocenters. The molecule has 0 saturated carbocycles. The van der Waals surface area contributed by atoms with Gasteiger partial charge in [-0.15, -0.1) is 0 Å². The summed E-state index contributed by atoms with van der Waals surface area (Å²) < 4.78 is 0. The third kappa shape index (κ3) is 2.87. The van der Waals surface area contributed by atoms with Gasteiger partial charge in [-0.1, -0.05) is 35.5 Å². The lowest BCUT2D eigenvalue weighted by Crippen LogP contribution is -1.91. The Morgan fingerprint density at radius 3 is 1.75 bits per heavy atom. The highest BCUT2D eigenvalue weighted by Crippen LogP contribution is 2.41. The summed E-state index contributed by atoms with van der Waals surface area (Å²) in [6.45, 7) is 0. The summed E-state index contributed by atoms with van der Waals surface area (Å²) in [7, 11) is 0. The van der Waals surface area contributed by atoms with Gasteiger partial charge in [0.2, 0.25) is 0 Å². The van der Waals surface area contributed by atoms with Crippen molar-refractivity contribution in [1.29, 1.82) is 0 Å². The quantitative estimate of drug-likeness (QED) is 0.334. The van der Waals surface area contributed by atoms with E-state index >= 15 is 0 Å². The van der Waals surface area contributed by atoms with Crippen molar-refractivity contribution < 1.29 is 20.5 Å². The SMILES string of the molecule is O/N=C/c1ccc(-c2ccc(O)cc2)c(-c2ccc(O)cc2)c1O. The maximum absolute atomic E-state index is 10.6. The Hall–Kier alpha value is -3.47. The van der Waals surface area contributed by atoms with Crippen LogP contribution < -0.4 is 0 Å². The van der Waals surface area contributed by atoms with Crippen molar-refractivity contribution in [3.05, 3.63) is 66.2 Å². The molecule has 0 unspecified atom stereocenters. The molecule has 3 aromatic carbocycles. The van der Waals surface area contributed by atoms with E-state index in [2.05, 4.69) is 5.16 Å². The fourth-order valence-electron chi connectivity index (χ4n) is 2.58. The average molecular weight is 321 g/mol. The van der Waals surface area contributed by atoms with Crippen LogP contribution in [0.4, 0.5) is 0 Å². The number of hydrogen-bond donors (Lipinski definition) is 4. The van der Waals surface area contributed by atoms with Crippen LogP contribution in [0.5, 0.6) is 17.2 Å². The molecule has 5 nitrogen and oxygen atoms in total. The lowest BCUT2D eigenvalue weighted by atomic mass is 9.91. The molecule has 120 valence electrons. The summed E-state index contributed by atoms with van der Waals surface area (Å²) in [6, 6.07) is 16.5. The summed E-state index contributed by atoms with van der Waals surface area (Å²) in [6.07, 6.45) is 1.15. The number of rotatable bonds is 3. The fraction of sp³-hybridized carbons (Fsp3) is 0. The first-order valence-electron chi connectivity index (χ1n) is 7.22. The molecule has 0 heterocycles. The number of nitrogens with zero attached hydrogens (tertiary/aromatic N) is 1. The third-order valence-corrected chi connectivity index (χ3v) is 3.74. The largest absolute Gasteiger partial charge is 0.508 e. The zero-order chi connectivity index (χ0) is 17.1. The summed E-state index contributed by atoms with van der Waals surface area (Å²) in [5.41, 5.74) is 3.15. The minimum absolute atomic E-state index is 0.0379. The van der Waals surface area contributed by atoms with Gasteiger partial charge in [-0.3, -0.25) is 0 Å². The molecule has 0 saturated heterocycles. The maximum Gasteiger partial charge on any atom is 0.132 e. The van der Waals surface area contributed by atoms with E-state index < -0.39 is 0 Å². The highest BCUT2D eigenvalue weighted by atomic mass is 16.4. The second-order valence-corrected chi connectivity index (χ2v) is 5.26. The van der Waals surface area contributed by atoms with Gasteiger partial charge in [-0.25, -0.2) is 0 Å². The summed E-state index contributed by atoms with van der Waals surface area (Å²) in [5.74, 6) is 0.236. The molecule has 0 bridgehead atoms. The number of phenols is 3. The fourth-order valence-corrected chi connectivity index (χ4v) is 2.58. The minimum atomic E-state index is -0.0379. The van der Waals surface area contributed by atoms with E-state index in [1.807, 2.05) is 0 Å². The summed E-state index contributed by atoms with van der Waals surface area (Å²) in [5, 5.41) is 41.3. The van der Waals surface area contributed by atoms with Gasteiger partial charge in [0.05, 0.1) is 6.21 Å². The highest BCUT2D eigenvalue weighted by molar-refractivity contribution is 5.95. The Labute approximate surface area is 138 Å². The molecule has 3 aromatic rings. The molecular weight excluding hydrogens is 306 g/mol. The monoisotopic (exact) mass is 321 g/mol. The Bertz CT molecular complexity index is 884. The molecule has 0 aliphatic heterocycles. The Morgan fingerprint density at radius 2 is 1.21 bits per heavy atom. The van der Waals surface area contributed by atoms with E-state index in [-0.39, 0.29) is 17.2 Å². The van der Waals surface area contributed by atoms with Gasteiger partial charge in [0.1, 0.15) is 17.2 Å². The van der Waals surface area contributed by atoms with E-state index in [1.165, 1.54) is 12.1 Å². The van der Waals surface area contributed by atoms with Crippen molar-refractivity contribution in [3.63, 3.8) is 0 Å². The first-order valence-corrected chi connectivity index (χ1v) is 7.22. The van der Waals surface area contributed by atoms with E-state index in [4.69, 9.17) is 5.21 Å². The number of oxime groups is 1. The van der Waals surface area contributed by atoms with Crippen LogP contribution in [0.25, 0.3) is 22.3 Å². The van der Waals surface area contributed by atoms with Crippen molar-refractivity contribution in [2.45, 2.75) is 0 Å². The lowest BCUT2D eigenvalue weighted by Gasteiger charge is -2.14. The predicted molar refractivity (Wildman–Crippen MR) is 91.7 cm³/mol. The summed E-state index contributed by atoms with van der Waals surface area (Å²) in [4.78, 5) is 0. The van der Waals surface area contributed by atoms with E-state index in [1.54, 1.807) is 48.5 Å². The van der Waals surface area contributed by atoms with Gasteiger partial charge in [0, 0.05) is 11.1 Å². The Morgan fingerprint density at radius 1 is 0.667 bits per heavy atom. The molecule has 0 amide bonds. The normalized spacial score (nSPS) is 11.0. The van der Waals surface area contributed by atoms with Crippen molar-refractivity contribution in [1.82, 2.24) is 0 Å². The number of benzene rings is 3. The molecule has 24 heavy (non-hydrogen) atoms. The van der Waals surface area contributed by atoms with Crippen LogP contribution in [0.3, 0.4) is 0 Å². The van der Waals surface area contributed by atoms with Gasteiger partial charge < -0.3 is 20.5 Å². The van der Waals surface area contributed by atoms with Gasteiger partial charge in [0.15, 0.2) is 0 Å². The zero-order valence-corrected chi connectivity index (χ0v) is 12.6. The van der Waals surface area contributed by atoms with E-state index in [0.717, 1.165) is 17.3 Å². The van der Waals surface area contributed by atoms with Gasteiger partial charge in [-0.2, -0.15) is 0 Å². The van der Waals surface area contributed by atoms with Crippen molar-refractivity contribution >= 4 is 6.21 Å². The van der Waals surface area contributed by atoms with E-state index in [0.29, 0.717) is 16.7 Å². The van der Waals surface area contributed by atoms with Crippen LogP contribution in [0, 0.1) is 0 Å². The maximum atomic E-state index is 10.6. The van der Waals surface area contributed by atoms with Gasteiger partial charge >= 0.3 is 0 Å². The smallest absolute Gasteiger partial charge is 0.132 e. The van der Waals surface area contributed by atoms with Crippen LogP contribution in [0.2, 0.25) is 0 Å². The number of phenolic OH excluding ortho intramolecular Hbond substituents is 3. The highest BCUT2D eigenvalue weighted by Gasteiger charge is 2.15. The second kappa shape index (κ2) is 6.34. The van der Waals surface area contributed by atoms with Crippen LogP contribution in [-0.4, -0.2) is 26.7 Å². The van der Waals surface area contributed by atoms with Crippen LogP contribution in [0.1, 0.15) is 5.56 Å². The molecule has 4 N–H and O–H groups in total. The topological polar surface area (TPSA) is 93.3 Å². The molecule has 0 aliphatic rings. The first-order chi connectivity index (χ1) is 11.6. The second-order valence-electron chi connectivity index (χ2n) is 5.26. The summed E-state index contributed by atoms with van der Waals surface area (Å²) >= 11 is 0. The molecule has 0 radical (unpaired) electrons. The zero-order valence-electron chi connectivity index (χ0n) is 12.6. The lowest BCUT2D eigenvalue weighted by molar-refractivity contribution is 0.321. The number of hydrogen-bond acceptors (Lipinski definition) is 5. The minimum Gasteiger partial charge on any atom is -0.508 e. The standard InChI is InChI=1S/C19H15NO4/c21-15-6-1-12(2-7-15)17-10-5-14(11-20-24)19(23)18(17)13-3-8-16(22)9-4-13/h1-11,21-24H/b20-11+. The Balaban J connectivity index is 2.27. The van der Waals surface area contributed by atoms with Gasteiger partial charge in [0.25, 0.3) is 0 Å². The van der Waals surface area contributed by atoms with Crippen molar-refractivity contribution in [2.75, 3.05) is 0 Å². The molecule has 3 rings (SSSR count). The molecule has 0 fully saturated rings. The Kier molecular flexibility index (Phi) is 4.07. The third-order valence-electron chi connectivity index (χ3n) is 3.74.